The summed E-state index contributed by atoms with van der Waals surface area (Å²) in [5, 5.41) is 23.1. The Morgan fingerprint density at radius 3 is 2.73 bits per heavy atom. The maximum Gasteiger partial charge on any atom is 0.222 e. The van der Waals surface area contributed by atoms with Gasteiger partial charge in [-0.05, 0) is 81.0 Å². The van der Waals surface area contributed by atoms with E-state index in [0.29, 0.717) is 67.5 Å². The average Bonchev–Trinajstić information content (AvgIpc) is 3.28. The normalized spacial score (nSPS) is 24.6. The number of aliphatic hydroxyl groups excluding tert-OH is 1. The third-order valence-electron chi connectivity index (χ3n) is 8.70. The van der Waals surface area contributed by atoms with Gasteiger partial charge in [0, 0.05) is 50.8 Å². The first-order chi connectivity index (χ1) is 19.2. The van der Waals surface area contributed by atoms with E-state index >= 15 is 0 Å². The van der Waals surface area contributed by atoms with Gasteiger partial charge in [0.2, 0.25) is 5.91 Å². The standard InChI is InChI=1S/C32H45ClN2O5/c1-3-22-9-6-11-25(17-22)40-31-26(12-7-13-27(31)33)32(38,14-4-5-16-39-2)24-10-8-15-35(21-24)30(37)20-23-18-28(34)29(36)19-23/h6-7,9,11-13,17,23-24,28-29,36,38H,3-5,8,10,14-16,18-21,34H2,1-2H3/t23-,24+,28+,29-,32-/m0/s1. The topological polar surface area (TPSA) is 105 Å². The lowest BCUT2D eigenvalue weighted by atomic mass is 9.73. The maximum absolute atomic E-state index is 13.4. The van der Waals surface area contributed by atoms with Gasteiger partial charge in [0.25, 0.3) is 0 Å². The van der Waals surface area contributed by atoms with Crippen molar-refractivity contribution in [3.63, 3.8) is 0 Å². The van der Waals surface area contributed by atoms with E-state index in [0.717, 1.165) is 37.7 Å². The van der Waals surface area contributed by atoms with Crippen molar-refractivity contribution in [2.75, 3.05) is 26.8 Å². The number of hydrogen-bond donors (Lipinski definition) is 3. The average molecular weight is 573 g/mol. The van der Waals surface area contributed by atoms with E-state index in [1.54, 1.807) is 13.2 Å². The second kappa shape index (κ2) is 14.1. The highest BCUT2D eigenvalue weighted by Crippen LogP contribution is 2.47. The first-order valence-corrected chi connectivity index (χ1v) is 15.1. The highest BCUT2D eigenvalue weighted by atomic mass is 35.5. The number of piperidine rings is 1. The first-order valence-electron chi connectivity index (χ1n) is 14.7. The molecule has 40 heavy (non-hydrogen) atoms. The second-order valence-electron chi connectivity index (χ2n) is 11.5. The van der Waals surface area contributed by atoms with Gasteiger partial charge in [0.15, 0.2) is 5.75 Å². The lowest BCUT2D eigenvalue weighted by Crippen LogP contribution is -2.48. The Morgan fingerprint density at radius 2 is 2.00 bits per heavy atom. The Bertz CT molecular complexity index is 1120. The van der Waals surface area contributed by atoms with Crippen LogP contribution in [0.5, 0.6) is 11.5 Å². The number of methoxy groups -OCH3 is 1. The molecule has 0 radical (unpaired) electrons. The van der Waals surface area contributed by atoms with Gasteiger partial charge in [-0.2, -0.15) is 0 Å². The number of ether oxygens (including phenoxy) is 2. The number of amides is 1. The number of unbranched alkanes of at least 4 members (excludes halogenated alkanes) is 1. The van der Waals surface area contributed by atoms with Gasteiger partial charge in [-0.25, -0.2) is 0 Å². The van der Waals surface area contributed by atoms with Crippen LogP contribution in [0.15, 0.2) is 42.5 Å². The fraction of sp³-hybridized carbons (Fsp3) is 0.594. The molecule has 1 amide bonds. The number of para-hydroxylation sites is 1. The second-order valence-corrected chi connectivity index (χ2v) is 12.0. The molecule has 0 bridgehead atoms. The predicted octanol–water partition coefficient (Wildman–Crippen LogP) is 5.43. The number of hydrogen-bond acceptors (Lipinski definition) is 6. The number of rotatable bonds is 12. The number of likely N-dealkylation sites (tertiary alicyclic amines) is 1. The Morgan fingerprint density at radius 1 is 1.20 bits per heavy atom. The zero-order chi connectivity index (χ0) is 28.7. The van der Waals surface area contributed by atoms with E-state index in [2.05, 4.69) is 13.0 Å². The molecule has 2 fully saturated rings. The molecule has 220 valence electrons. The van der Waals surface area contributed by atoms with E-state index in [1.165, 1.54) is 0 Å². The fourth-order valence-electron chi connectivity index (χ4n) is 6.39. The number of benzene rings is 2. The van der Waals surface area contributed by atoms with Crippen LogP contribution in [0.4, 0.5) is 0 Å². The summed E-state index contributed by atoms with van der Waals surface area (Å²) >= 11 is 6.73. The van der Waals surface area contributed by atoms with Gasteiger partial charge < -0.3 is 30.3 Å². The van der Waals surface area contributed by atoms with Crippen molar-refractivity contribution in [3.8, 4) is 11.5 Å². The van der Waals surface area contributed by atoms with Crippen molar-refractivity contribution in [1.29, 1.82) is 0 Å². The summed E-state index contributed by atoms with van der Waals surface area (Å²) in [5.41, 5.74) is 6.55. The largest absolute Gasteiger partial charge is 0.455 e. The van der Waals surface area contributed by atoms with Crippen molar-refractivity contribution in [1.82, 2.24) is 4.90 Å². The molecule has 7 nitrogen and oxygen atoms in total. The van der Waals surface area contributed by atoms with Crippen LogP contribution < -0.4 is 10.5 Å². The van der Waals surface area contributed by atoms with E-state index < -0.39 is 11.7 Å². The summed E-state index contributed by atoms with van der Waals surface area (Å²) in [7, 11) is 1.68. The molecule has 8 heteroatoms. The van der Waals surface area contributed by atoms with Crippen LogP contribution in [0.2, 0.25) is 5.02 Å². The van der Waals surface area contributed by atoms with Gasteiger partial charge in [-0.3, -0.25) is 4.79 Å². The summed E-state index contributed by atoms with van der Waals surface area (Å²) < 4.78 is 11.7. The molecule has 0 spiro atoms. The van der Waals surface area contributed by atoms with Gasteiger partial charge in [0.05, 0.1) is 16.7 Å². The van der Waals surface area contributed by atoms with Crippen LogP contribution in [0.25, 0.3) is 0 Å². The van der Waals surface area contributed by atoms with Crippen LogP contribution in [-0.4, -0.2) is 60.0 Å². The Labute approximate surface area is 243 Å². The van der Waals surface area contributed by atoms with E-state index in [-0.39, 0.29) is 23.8 Å². The van der Waals surface area contributed by atoms with Crippen molar-refractivity contribution >= 4 is 17.5 Å². The molecule has 1 saturated carbocycles. The molecule has 2 aliphatic rings. The number of carbonyl (C=O) groups is 1. The highest BCUT2D eigenvalue weighted by Gasteiger charge is 2.44. The number of aryl methyl sites for hydroxylation is 1. The van der Waals surface area contributed by atoms with Crippen LogP contribution in [0, 0.1) is 11.8 Å². The van der Waals surface area contributed by atoms with Gasteiger partial charge in [0.1, 0.15) is 5.75 Å². The van der Waals surface area contributed by atoms with E-state index in [9.17, 15) is 15.0 Å². The predicted molar refractivity (Wildman–Crippen MR) is 158 cm³/mol. The monoisotopic (exact) mass is 572 g/mol. The summed E-state index contributed by atoms with van der Waals surface area (Å²) in [6, 6.07) is 13.2. The summed E-state index contributed by atoms with van der Waals surface area (Å²) in [5.74, 6) is 1.11. The van der Waals surface area contributed by atoms with E-state index in [4.69, 9.17) is 26.8 Å². The zero-order valence-electron chi connectivity index (χ0n) is 23.9. The molecular weight excluding hydrogens is 528 g/mol. The van der Waals surface area contributed by atoms with Crippen LogP contribution in [-0.2, 0) is 21.6 Å². The molecule has 0 unspecified atom stereocenters. The molecular formula is C32H45ClN2O5. The van der Waals surface area contributed by atoms with Gasteiger partial charge in [-0.15, -0.1) is 0 Å². The lowest BCUT2D eigenvalue weighted by Gasteiger charge is -2.43. The van der Waals surface area contributed by atoms with Gasteiger partial charge >= 0.3 is 0 Å². The molecule has 2 aromatic rings. The van der Waals surface area contributed by atoms with Crippen molar-refractivity contribution in [2.45, 2.75) is 82.5 Å². The molecule has 2 aromatic carbocycles. The molecule has 5 atom stereocenters. The molecule has 0 aromatic heterocycles. The van der Waals surface area contributed by atoms with Crippen LogP contribution in [0.1, 0.15) is 69.4 Å². The molecule has 1 saturated heterocycles. The van der Waals surface area contributed by atoms with Crippen LogP contribution in [0.3, 0.4) is 0 Å². The van der Waals surface area contributed by atoms with Crippen molar-refractivity contribution in [2.24, 2.45) is 17.6 Å². The minimum Gasteiger partial charge on any atom is -0.455 e. The Hall–Kier alpha value is -2.16. The van der Waals surface area contributed by atoms with Crippen molar-refractivity contribution < 1.29 is 24.5 Å². The third-order valence-corrected chi connectivity index (χ3v) is 9.00. The van der Waals surface area contributed by atoms with Crippen LogP contribution >= 0.6 is 11.6 Å². The number of nitrogens with zero attached hydrogens (tertiary/aromatic N) is 1. The fourth-order valence-corrected chi connectivity index (χ4v) is 6.60. The first kappa shape index (κ1) is 30.8. The summed E-state index contributed by atoms with van der Waals surface area (Å²) in [4.78, 5) is 15.2. The maximum atomic E-state index is 13.4. The molecule has 4 rings (SSSR count). The number of halogens is 1. The minimum atomic E-state index is -1.25. The summed E-state index contributed by atoms with van der Waals surface area (Å²) in [6.07, 6.45) is 5.61. The number of carbonyl (C=O) groups excluding carboxylic acids is 1. The third kappa shape index (κ3) is 7.37. The Balaban J connectivity index is 1.60. The summed E-state index contributed by atoms with van der Waals surface area (Å²) in [6.45, 7) is 3.83. The molecule has 1 aliphatic heterocycles. The Kier molecular flexibility index (Phi) is 10.9. The highest BCUT2D eigenvalue weighted by molar-refractivity contribution is 6.32. The molecule has 4 N–H and O–H groups in total. The smallest absolute Gasteiger partial charge is 0.222 e. The molecule has 1 aliphatic carbocycles. The quantitative estimate of drug-likeness (QED) is 0.293. The minimum absolute atomic E-state index is 0.0664. The number of aliphatic hydroxyl groups is 2. The number of nitrogens with two attached hydrogens (primary N) is 1. The van der Waals surface area contributed by atoms with Crippen molar-refractivity contribution in [3.05, 3.63) is 58.6 Å². The molecule has 1 heterocycles. The lowest BCUT2D eigenvalue weighted by molar-refractivity contribution is -0.137. The van der Waals surface area contributed by atoms with Gasteiger partial charge in [-0.1, -0.05) is 42.8 Å². The van der Waals surface area contributed by atoms with E-state index in [1.807, 2.05) is 35.2 Å². The SMILES string of the molecule is CCc1cccc(Oc2c(Cl)cccc2[C@](O)(CCCCOC)[C@@H]2CCCN(C(=O)C[C@H]3C[C@@H](N)[C@@H](O)C3)C2)c1. The zero-order valence-corrected chi connectivity index (χ0v) is 24.6.